The minimum absolute atomic E-state index is 0.0690. The van der Waals surface area contributed by atoms with Crippen molar-refractivity contribution >= 4 is 6.09 Å². The fourth-order valence-electron chi connectivity index (χ4n) is 2.51. The zero-order chi connectivity index (χ0) is 13.6. The first kappa shape index (κ1) is 13.5. The molecule has 0 bridgehead atoms. The summed E-state index contributed by atoms with van der Waals surface area (Å²) in [5, 5.41) is 2.83. The Morgan fingerprint density at radius 2 is 2.11 bits per heavy atom. The highest BCUT2D eigenvalue weighted by Crippen LogP contribution is 2.36. The highest BCUT2D eigenvalue weighted by molar-refractivity contribution is 5.68. The number of rotatable bonds is 0. The molecule has 1 N–H and O–H groups in total. The predicted molar refractivity (Wildman–Crippen MR) is 62.7 cm³/mol. The third kappa shape index (κ3) is 2.74. The Morgan fingerprint density at radius 1 is 1.44 bits per heavy atom. The first-order valence-corrected chi connectivity index (χ1v) is 6.28. The number of amides is 1. The molecule has 0 aromatic heterocycles. The fraction of sp³-hybridized carbons (Fsp3) is 0.917. The summed E-state index contributed by atoms with van der Waals surface area (Å²) in [6.45, 7) is 5.55. The van der Waals surface area contributed by atoms with Gasteiger partial charge >= 0.3 is 6.09 Å². The number of ether oxygens (including phenoxy) is 1. The Bertz CT molecular complexity index is 341. The van der Waals surface area contributed by atoms with Crippen LogP contribution in [0.2, 0.25) is 0 Å². The van der Waals surface area contributed by atoms with Crippen LogP contribution in [0, 0.1) is 5.92 Å². The van der Waals surface area contributed by atoms with E-state index in [-0.39, 0.29) is 19.1 Å². The van der Waals surface area contributed by atoms with Crippen molar-refractivity contribution in [2.45, 2.75) is 44.8 Å². The highest BCUT2D eigenvalue weighted by Gasteiger charge is 2.52. The summed E-state index contributed by atoms with van der Waals surface area (Å²) >= 11 is 0. The molecular formula is C12H20F2N2O2. The molecule has 2 aliphatic rings. The molecular weight excluding hydrogens is 242 g/mol. The van der Waals surface area contributed by atoms with Crippen LogP contribution in [0.4, 0.5) is 13.6 Å². The molecule has 2 heterocycles. The fourth-order valence-corrected chi connectivity index (χ4v) is 2.51. The van der Waals surface area contributed by atoms with Crippen molar-refractivity contribution in [3.8, 4) is 0 Å². The van der Waals surface area contributed by atoms with Crippen LogP contribution < -0.4 is 5.32 Å². The van der Waals surface area contributed by atoms with Crippen molar-refractivity contribution in [1.29, 1.82) is 0 Å². The average molecular weight is 262 g/mol. The van der Waals surface area contributed by atoms with E-state index in [1.807, 2.05) is 0 Å². The van der Waals surface area contributed by atoms with Crippen LogP contribution in [-0.2, 0) is 4.74 Å². The second kappa shape index (κ2) is 4.33. The first-order valence-electron chi connectivity index (χ1n) is 6.28. The number of hydrogen-bond acceptors (Lipinski definition) is 3. The van der Waals surface area contributed by atoms with E-state index in [0.29, 0.717) is 13.0 Å². The lowest BCUT2D eigenvalue weighted by Crippen LogP contribution is -2.51. The number of fused-ring (bicyclic) bond motifs is 1. The van der Waals surface area contributed by atoms with E-state index in [9.17, 15) is 13.6 Å². The lowest BCUT2D eigenvalue weighted by atomic mass is 9.91. The number of nitrogens with zero attached hydrogens (tertiary/aromatic N) is 1. The van der Waals surface area contributed by atoms with Crippen molar-refractivity contribution in [2.75, 3.05) is 19.6 Å². The SMILES string of the molecule is CC(C)(C)OC(=O)N1CC[C@@H]2NCC(F)(F)[C@@H]2C1. The van der Waals surface area contributed by atoms with Gasteiger partial charge in [0.1, 0.15) is 5.60 Å². The zero-order valence-corrected chi connectivity index (χ0v) is 11.0. The number of piperidine rings is 1. The van der Waals surface area contributed by atoms with Gasteiger partial charge in [-0.15, -0.1) is 0 Å². The minimum atomic E-state index is -2.73. The third-order valence-corrected chi connectivity index (χ3v) is 3.41. The standard InChI is InChI=1S/C12H20F2N2O2/c1-11(2,3)18-10(17)16-5-4-9-8(6-16)12(13,14)7-15-9/h8-9,15H,4-7H2,1-3H3/t8-,9+/m1/s1. The average Bonchev–Trinajstić information content (AvgIpc) is 2.52. The van der Waals surface area contributed by atoms with Gasteiger partial charge in [-0.1, -0.05) is 0 Å². The molecule has 0 spiro atoms. The maximum Gasteiger partial charge on any atom is 0.410 e. The summed E-state index contributed by atoms with van der Waals surface area (Å²) in [4.78, 5) is 13.2. The van der Waals surface area contributed by atoms with Crippen LogP contribution in [0.15, 0.2) is 0 Å². The molecule has 0 aliphatic carbocycles. The minimum Gasteiger partial charge on any atom is -0.444 e. The second-order valence-electron chi connectivity index (χ2n) is 6.07. The van der Waals surface area contributed by atoms with Gasteiger partial charge in [0.15, 0.2) is 0 Å². The summed E-state index contributed by atoms with van der Waals surface area (Å²) in [5.74, 6) is -3.52. The molecule has 2 rings (SSSR count). The summed E-state index contributed by atoms with van der Waals surface area (Å²) in [5.41, 5.74) is -0.593. The summed E-state index contributed by atoms with van der Waals surface area (Å²) < 4.78 is 32.4. The number of nitrogens with one attached hydrogen (secondary N) is 1. The number of likely N-dealkylation sites (tertiary alicyclic amines) is 1. The molecule has 0 unspecified atom stereocenters. The van der Waals surface area contributed by atoms with Crippen molar-refractivity contribution in [3.05, 3.63) is 0 Å². The van der Waals surface area contributed by atoms with E-state index in [4.69, 9.17) is 4.74 Å². The largest absolute Gasteiger partial charge is 0.444 e. The van der Waals surface area contributed by atoms with Gasteiger partial charge in [0, 0.05) is 19.1 Å². The van der Waals surface area contributed by atoms with Gasteiger partial charge in [0.2, 0.25) is 0 Å². The molecule has 2 aliphatic heterocycles. The van der Waals surface area contributed by atoms with E-state index >= 15 is 0 Å². The van der Waals surface area contributed by atoms with Gasteiger partial charge in [0.25, 0.3) is 5.92 Å². The summed E-state index contributed by atoms with van der Waals surface area (Å²) in [6.07, 6.45) is 0.0584. The lowest BCUT2D eigenvalue weighted by Gasteiger charge is -2.37. The molecule has 0 saturated carbocycles. The quantitative estimate of drug-likeness (QED) is 0.724. The number of hydrogen-bond donors (Lipinski definition) is 1. The Morgan fingerprint density at radius 3 is 2.72 bits per heavy atom. The zero-order valence-electron chi connectivity index (χ0n) is 11.0. The molecule has 0 aromatic rings. The lowest BCUT2D eigenvalue weighted by molar-refractivity contribution is -0.0528. The van der Waals surface area contributed by atoms with Gasteiger partial charge < -0.3 is 15.0 Å². The summed E-state index contributed by atoms with van der Waals surface area (Å²) in [6, 6.07) is -0.182. The normalized spacial score (nSPS) is 31.1. The van der Waals surface area contributed by atoms with Crippen molar-refractivity contribution in [3.63, 3.8) is 0 Å². The molecule has 6 heteroatoms. The smallest absolute Gasteiger partial charge is 0.410 e. The van der Waals surface area contributed by atoms with Crippen LogP contribution in [-0.4, -0.2) is 48.2 Å². The molecule has 0 aromatic carbocycles. The number of halogens is 2. The molecule has 1 amide bonds. The van der Waals surface area contributed by atoms with E-state index in [2.05, 4.69) is 5.32 Å². The molecule has 4 nitrogen and oxygen atoms in total. The van der Waals surface area contributed by atoms with E-state index in [0.717, 1.165) is 0 Å². The van der Waals surface area contributed by atoms with Crippen LogP contribution in [0.3, 0.4) is 0 Å². The molecule has 2 atom stereocenters. The maximum atomic E-state index is 13.6. The van der Waals surface area contributed by atoms with Crippen molar-refractivity contribution in [1.82, 2.24) is 10.2 Å². The van der Waals surface area contributed by atoms with Crippen LogP contribution in [0.1, 0.15) is 27.2 Å². The van der Waals surface area contributed by atoms with Crippen LogP contribution in [0.5, 0.6) is 0 Å². The molecule has 18 heavy (non-hydrogen) atoms. The van der Waals surface area contributed by atoms with E-state index in [1.165, 1.54) is 4.90 Å². The van der Waals surface area contributed by atoms with Crippen LogP contribution in [0.25, 0.3) is 0 Å². The number of carbonyl (C=O) groups is 1. The first-order chi connectivity index (χ1) is 8.19. The maximum absolute atomic E-state index is 13.6. The van der Waals surface area contributed by atoms with E-state index in [1.54, 1.807) is 20.8 Å². The predicted octanol–water partition coefficient (Wildman–Crippen LogP) is 1.85. The van der Waals surface area contributed by atoms with Crippen LogP contribution >= 0.6 is 0 Å². The Hall–Kier alpha value is -0.910. The Labute approximate surface area is 106 Å². The van der Waals surface area contributed by atoms with Gasteiger partial charge in [-0.2, -0.15) is 0 Å². The topological polar surface area (TPSA) is 41.6 Å². The van der Waals surface area contributed by atoms with Gasteiger partial charge in [0.05, 0.1) is 12.5 Å². The van der Waals surface area contributed by atoms with Crippen molar-refractivity contribution < 1.29 is 18.3 Å². The molecule has 2 fully saturated rings. The highest BCUT2D eigenvalue weighted by atomic mass is 19.3. The Balaban J connectivity index is 1.99. The second-order valence-corrected chi connectivity index (χ2v) is 6.07. The summed E-state index contributed by atoms with van der Waals surface area (Å²) in [7, 11) is 0. The molecule has 104 valence electrons. The molecule has 2 saturated heterocycles. The van der Waals surface area contributed by atoms with Crippen molar-refractivity contribution in [2.24, 2.45) is 5.92 Å². The third-order valence-electron chi connectivity index (χ3n) is 3.41. The number of carbonyl (C=O) groups excluding carboxylic acids is 1. The Kier molecular flexibility index (Phi) is 3.25. The molecule has 0 radical (unpaired) electrons. The monoisotopic (exact) mass is 262 g/mol. The van der Waals surface area contributed by atoms with Gasteiger partial charge in [-0.3, -0.25) is 0 Å². The van der Waals surface area contributed by atoms with E-state index < -0.39 is 23.5 Å². The van der Waals surface area contributed by atoms with Gasteiger partial charge in [-0.25, -0.2) is 13.6 Å². The number of alkyl halides is 2. The van der Waals surface area contributed by atoms with Gasteiger partial charge in [-0.05, 0) is 27.2 Å².